The molecule has 0 aliphatic carbocycles. The molecule has 0 saturated carbocycles. The average Bonchev–Trinajstić information content (AvgIpc) is 3.32. The summed E-state index contributed by atoms with van der Waals surface area (Å²) in [4.78, 5) is 27.2. The summed E-state index contributed by atoms with van der Waals surface area (Å²) < 4.78 is 12.0. The molecule has 0 atom stereocenters. The predicted octanol–water partition coefficient (Wildman–Crippen LogP) is 2.00. The molecule has 26 heavy (non-hydrogen) atoms. The van der Waals surface area contributed by atoms with Crippen LogP contribution in [0.4, 0.5) is 0 Å². The van der Waals surface area contributed by atoms with Gasteiger partial charge < -0.3 is 14.4 Å². The molecule has 1 amide bonds. The number of likely N-dealkylation sites (tertiary alicyclic amines) is 1. The Morgan fingerprint density at radius 1 is 1.08 bits per heavy atom. The lowest BCUT2D eigenvalue weighted by atomic mass is 10.0. The van der Waals surface area contributed by atoms with Gasteiger partial charge in [-0.1, -0.05) is 0 Å². The maximum absolute atomic E-state index is 12.9. The molecule has 3 heterocycles. The van der Waals surface area contributed by atoms with Gasteiger partial charge in [-0.25, -0.2) is 4.68 Å². The van der Waals surface area contributed by atoms with Crippen molar-refractivity contribution in [3.05, 3.63) is 40.7 Å². The summed E-state index contributed by atoms with van der Waals surface area (Å²) in [5.41, 5.74) is 0.0537. The quantitative estimate of drug-likeness (QED) is 0.842. The maximum atomic E-state index is 12.9. The van der Waals surface area contributed by atoms with Gasteiger partial charge in [-0.2, -0.15) is 5.10 Å². The van der Waals surface area contributed by atoms with Crippen LogP contribution in [0.5, 0.6) is 11.5 Å². The fourth-order valence-corrected chi connectivity index (χ4v) is 3.42. The summed E-state index contributed by atoms with van der Waals surface area (Å²) in [7, 11) is 0. The zero-order chi connectivity index (χ0) is 18.3. The van der Waals surface area contributed by atoms with Gasteiger partial charge in [0.05, 0.1) is 5.69 Å². The third kappa shape index (κ3) is 2.73. The number of rotatable bonds is 3. The highest BCUT2D eigenvalue weighted by Gasteiger charge is 2.36. The van der Waals surface area contributed by atoms with Crippen LogP contribution in [0.15, 0.2) is 35.1 Å². The van der Waals surface area contributed by atoms with Crippen molar-refractivity contribution in [3.8, 4) is 22.8 Å². The van der Waals surface area contributed by atoms with E-state index in [-0.39, 0.29) is 18.3 Å². The van der Waals surface area contributed by atoms with Gasteiger partial charge in [0.2, 0.25) is 12.7 Å². The topological polar surface area (TPSA) is 73.7 Å². The molecule has 4 rings (SSSR count). The van der Waals surface area contributed by atoms with E-state index in [0.29, 0.717) is 17.2 Å². The largest absolute Gasteiger partial charge is 0.454 e. The molecule has 136 valence electrons. The monoisotopic (exact) mass is 355 g/mol. The highest BCUT2D eigenvalue weighted by molar-refractivity contribution is 5.83. The van der Waals surface area contributed by atoms with Gasteiger partial charge in [-0.3, -0.25) is 9.59 Å². The molecule has 0 radical (unpaired) electrons. The van der Waals surface area contributed by atoms with Crippen molar-refractivity contribution in [2.45, 2.75) is 32.2 Å². The number of fused-ring (bicyclic) bond motifs is 1. The molecule has 0 N–H and O–H groups in total. The Balaban J connectivity index is 1.72. The third-order valence-corrected chi connectivity index (χ3v) is 4.91. The molecule has 2 aliphatic rings. The molecule has 7 heteroatoms. The Kier molecular flexibility index (Phi) is 3.94. The Labute approximate surface area is 151 Å². The first-order valence-corrected chi connectivity index (χ1v) is 8.77. The van der Waals surface area contributed by atoms with Gasteiger partial charge in [-0.15, -0.1) is 0 Å². The van der Waals surface area contributed by atoms with E-state index in [1.165, 1.54) is 10.7 Å². The van der Waals surface area contributed by atoms with Crippen LogP contribution in [0.2, 0.25) is 0 Å². The van der Waals surface area contributed by atoms with E-state index in [2.05, 4.69) is 5.10 Å². The number of ether oxygens (including phenoxy) is 2. The van der Waals surface area contributed by atoms with Crippen LogP contribution in [-0.4, -0.2) is 40.5 Å². The summed E-state index contributed by atoms with van der Waals surface area (Å²) in [6.45, 7) is 5.15. The summed E-state index contributed by atoms with van der Waals surface area (Å²) in [6, 6.07) is 8.61. The van der Waals surface area contributed by atoms with E-state index in [9.17, 15) is 9.59 Å². The van der Waals surface area contributed by atoms with E-state index >= 15 is 0 Å². The highest BCUT2D eigenvalue weighted by atomic mass is 16.7. The van der Waals surface area contributed by atoms with Gasteiger partial charge in [-0.05, 0) is 51.0 Å². The minimum absolute atomic E-state index is 0.0764. The first-order chi connectivity index (χ1) is 12.5. The Bertz CT molecular complexity index is 913. The molecule has 0 unspecified atom stereocenters. The van der Waals surface area contributed by atoms with Crippen molar-refractivity contribution in [3.63, 3.8) is 0 Å². The van der Waals surface area contributed by atoms with Crippen LogP contribution in [-0.2, 0) is 10.3 Å². The van der Waals surface area contributed by atoms with Crippen LogP contribution < -0.4 is 15.0 Å². The number of amides is 1. The fourth-order valence-electron chi connectivity index (χ4n) is 3.42. The van der Waals surface area contributed by atoms with Gasteiger partial charge in [0.15, 0.2) is 11.5 Å². The number of hydrogen-bond acceptors (Lipinski definition) is 5. The van der Waals surface area contributed by atoms with E-state index in [0.717, 1.165) is 31.5 Å². The molecule has 2 aromatic rings. The maximum Gasteiger partial charge on any atom is 0.267 e. The average molecular weight is 355 g/mol. The number of carbonyl (C=O) groups is 1. The van der Waals surface area contributed by atoms with E-state index in [1.54, 1.807) is 24.8 Å². The van der Waals surface area contributed by atoms with E-state index in [4.69, 9.17) is 9.47 Å². The van der Waals surface area contributed by atoms with E-state index in [1.807, 2.05) is 18.2 Å². The zero-order valence-corrected chi connectivity index (χ0v) is 14.9. The number of nitrogens with zero attached hydrogens (tertiary/aromatic N) is 3. The smallest absolute Gasteiger partial charge is 0.267 e. The van der Waals surface area contributed by atoms with Crippen molar-refractivity contribution < 1.29 is 14.3 Å². The van der Waals surface area contributed by atoms with Crippen LogP contribution in [0, 0.1) is 0 Å². The van der Waals surface area contributed by atoms with Crippen LogP contribution in [0.25, 0.3) is 11.3 Å². The van der Waals surface area contributed by atoms with Crippen molar-refractivity contribution in [2.75, 3.05) is 19.9 Å². The Morgan fingerprint density at radius 3 is 2.58 bits per heavy atom. The van der Waals surface area contributed by atoms with Gasteiger partial charge in [0.25, 0.3) is 5.56 Å². The fraction of sp³-hybridized carbons (Fsp3) is 0.421. The zero-order valence-electron chi connectivity index (χ0n) is 14.9. The standard InChI is InChI=1S/C19H21N3O4/c1-19(2,18(24)21-9-3-4-10-21)22-17(23)8-6-14(20-22)13-5-7-15-16(11-13)26-12-25-15/h5-8,11H,3-4,9-10,12H2,1-2H3. The summed E-state index contributed by atoms with van der Waals surface area (Å²) in [5.74, 6) is 1.26. The van der Waals surface area contributed by atoms with Crippen LogP contribution in [0.3, 0.4) is 0 Å². The summed E-state index contributed by atoms with van der Waals surface area (Å²) >= 11 is 0. The molecule has 0 spiro atoms. The minimum Gasteiger partial charge on any atom is -0.454 e. The molecular weight excluding hydrogens is 334 g/mol. The van der Waals surface area contributed by atoms with Crippen molar-refractivity contribution in [2.24, 2.45) is 0 Å². The van der Waals surface area contributed by atoms with Crippen LogP contribution >= 0.6 is 0 Å². The van der Waals surface area contributed by atoms with Gasteiger partial charge >= 0.3 is 0 Å². The SMILES string of the molecule is CC(C)(C(=O)N1CCCC1)n1nc(-c2ccc3c(c2)OCO3)ccc1=O. The van der Waals surface area contributed by atoms with Crippen molar-refractivity contribution >= 4 is 5.91 Å². The Morgan fingerprint density at radius 2 is 1.81 bits per heavy atom. The molecular formula is C19H21N3O4. The molecule has 2 aliphatic heterocycles. The molecule has 1 aromatic carbocycles. The predicted molar refractivity (Wildman–Crippen MR) is 95.2 cm³/mol. The molecule has 7 nitrogen and oxygen atoms in total. The molecule has 0 bridgehead atoms. The lowest BCUT2D eigenvalue weighted by Crippen LogP contribution is -2.50. The van der Waals surface area contributed by atoms with Gasteiger partial charge in [0, 0.05) is 24.7 Å². The molecule has 1 aromatic heterocycles. The number of hydrogen-bond donors (Lipinski definition) is 0. The number of aromatic nitrogens is 2. The van der Waals surface area contributed by atoms with Crippen LogP contribution in [0.1, 0.15) is 26.7 Å². The first-order valence-electron chi connectivity index (χ1n) is 8.77. The van der Waals surface area contributed by atoms with E-state index < -0.39 is 5.54 Å². The highest BCUT2D eigenvalue weighted by Crippen LogP contribution is 2.35. The number of benzene rings is 1. The normalized spacial score (nSPS) is 16.2. The summed E-state index contributed by atoms with van der Waals surface area (Å²) in [6.07, 6.45) is 2.00. The second-order valence-corrected chi connectivity index (χ2v) is 7.09. The second-order valence-electron chi connectivity index (χ2n) is 7.09. The minimum atomic E-state index is -1.05. The second kappa shape index (κ2) is 6.16. The molecule has 1 saturated heterocycles. The molecule has 1 fully saturated rings. The Hall–Kier alpha value is -2.83. The lowest BCUT2D eigenvalue weighted by Gasteiger charge is -2.30. The third-order valence-electron chi connectivity index (χ3n) is 4.91. The first kappa shape index (κ1) is 16.6. The van der Waals surface area contributed by atoms with Gasteiger partial charge in [0.1, 0.15) is 5.54 Å². The summed E-state index contributed by atoms with van der Waals surface area (Å²) in [5, 5.41) is 4.49. The number of carbonyl (C=O) groups excluding carboxylic acids is 1. The van der Waals surface area contributed by atoms with Crippen molar-refractivity contribution in [1.29, 1.82) is 0 Å². The lowest BCUT2D eigenvalue weighted by molar-refractivity contribution is -0.138. The van der Waals surface area contributed by atoms with Crippen molar-refractivity contribution in [1.82, 2.24) is 14.7 Å².